The van der Waals surface area contributed by atoms with E-state index >= 15 is 0 Å². The molecule has 1 saturated heterocycles. The molecule has 4 nitrogen and oxygen atoms in total. The predicted octanol–water partition coefficient (Wildman–Crippen LogP) is 3.55. The van der Waals surface area contributed by atoms with E-state index in [1.54, 1.807) is 23.5 Å². The van der Waals surface area contributed by atoms with Crippen molar-refractivity contribution in [3.8, 4) is 0 Å². The van der Waals surface area contributed by atoms with Gasteiger partial charge in [0.2, 0.25) is 5.13 Å². The number of nitrogens with one attached hydrogen (secondary N) is 1. The third kappa shape index (κ3) is 4.48. The molecule has 23 heavy (non-hydrogen) atoms. The van der Waals surface area contributed by atoms with E-state index in [0.29, 0.717) is 18.5 Å². The third-order valence-corrected chi connectivity index (χ3v) is 5.18. The van der Waals surface area contributed by atoms with Crippen molar-refractivity contribution in [3.63, 3.8) is 0 Å². The number of anilines is 1. The molecule has 2 heterocycles. The number of hydrogen-bond acceptors (Lipinski definition) is 5. The zero-order chi connectivity index (χ0) is 16.2. The van der Waals surface area contributed by atoms with E-state index < -0.39 is 0 Å². The Bertz CT molecular complexity index is 618. The third-order valence-electron chi connectivity index (χ3n) is 4.32. The number of rotatable bonds is 5. The monoisotopic (exact) mass is 334 g/mol. The van der Waals surface area contributed by atoms with Gasteiger partial charge in [0, 0.05) is 31.6 Å². The van der Waals surface area contributed by atoms with Crippen LogP contribution in [0.25, 0.3) is 0 Å². The molecule has 1 aromatic heterocycles. The second-order valence-corrected chi connectivity index (χ2v) is 7.41. The van der Waals surface area contributed by atoms with Crippen LogP contribution in [0.5, 0.6) is 0 Å². The van der Waals surface area contributed by atoms with E-state index in [4.69, 9.17) is 0 Å². The van der Waals surface area contributed by atoms with Crippen molar-refractivity contribution in [1.82, 2.24) is 15.1 Å². The van der Waals surface area contributed by atoms with Crippen molar-refractivity contribution in [2.24, 2.45) is 0 Å². The van der Waals surface area contributed by atoms with Gasteiger partial charge in [0.25, 0.3) is 0 Å². The van der Waals surface area contributed by atoms with Crippen LogP contribution in [0.1, 0.15) is 37.3 Å². The van der Waals surface area contributed by atoms with Crippen LogP contribution in [0, 0.1) is 5.82 Å². The molecule has 6 heteroatoms. The highest BCUT2D eigenvalue weighted by molar-refractivity contribution is 7.15. The van der Waals surface area contributed by atoms with Crippen LogP contribution in [-0.4, -0.2) is 40.3 Å². The van der Waals surface area contributed by atoms with Crippen LogP contribution in [0.4, 0.5) is 9.52 Å². The number of likely N-dealkylation sites (tertiary alicyclic amines) is 1. The second-order valence-electron chi connectivity index (χ2n) is 6.35. The Morgan fingerprint density at radius 2 is 1.91 bits per heavy atom. The van der Waals surface area contributed by atoms with Crippen molar-refractivity contribution in [3.05, 3.63) is 40.7 Å². The van der Waals surface area contributed by atoms with Crippen LogP contribution in [-0.2, 0) is 6.42 Å². The van der Waals surface area contributed by atoms with Gasteiger partial charge in [-0.25, -0.2) is 4.39 Å². The highest BCUT2D eigenvalue weighted by atomic mass is 32.1. The van der Waals surface area contributed by atoms with Gasteiger partial charge in [0.1, 0.15) is 10.8 Å². The number of hydrogen-bond donors (Lipinski definition) is 1. The molecule has 1 N–H and O–H groups in total. The van der Waals surface area contributed by atoms with Gasteiger partial charge < -0.3 is 10.2 Å². The van der Waals surface area contributed by atoms with Crippen molar-refractivity contribution in [2.45, 2.75) is 45.2 Å². The first kappa shape index (κ1) is 16.3. The maximum Gasteiger partial charge on any atom is 0.205 e. The Morgan fingerprint density at radius 3 is 2.57 bits per heavy atom. The predicted molar refractivity (Wildman–Crippen MR) is 92.5 cm³/mol. The summed E-state index contributed by atoms with van der Waals surface area (Å²) < 4.78 is 12.9. The minimum absolute atomic E-state index is 0.207. The number of piperidine rings is 1. The zero-order valence-corrected chi connectivity index (χ0v) is 14.4. The highest BCUT2D eigenvalue weighted by Crippen LogP contribution is 2.22. The molecule has 124 valence electrons. The first-order valence-electron chi connectivity index (χ1n) is 8.17. The van der Waals surface area contributed by atoms with Crippen LogP contribution < -0.4 is 5.32 Å². The largest absolute Gasteiger partial charge is 0.357 e. The summed E-state index contributed by atoms with van der Waals surface area (Å²) in [4.78, 5) is 2.51. The Hall–Kier alpha value is -1.53. The lowest BCUT2D eigenvalue weighted by atomic mass is 10.0. The molecule has 1 aliphatic heterocycles. The minimum Gasteiger partial charge on any atom is -0.357 e. The van der Waals surface area contributed by atoms with E-state index in [1.807, 2.05) is 0 Å². The Morgan fingerprint density at radius 1 is 1.22 bits per heavy atom. The summed E-state index contributed by atoms with van der Waals surface area (Å²) in [5.74, 6) is -0.207. The Kier molecular flexibility index (Phi) is 5.23. The quantitative estimate of drug-likeness (QED) is 0.908. The maximum absolute atomic E-state index is 12.9. The molecule has 0 atom stereocenters. The summed E-state index contributed by atoms with van der Waals surface area (Å²) >= 11 is 1.59. The number of nitrogens with zero attached hydrogens (tertiary/aromatic N) is 3. The minimum atomic E-state index is -0.207. The molecule has 0 bridgehead atoms. The second kappa shape index (κ2) is 7.36. The smallest absolute Gasteiger partial charge is 0.205 e. The summed E-state index contributed by atoms with van der Waals surface area (Å²) in [5.41, 5.74) is 1.05. The molecule has 0 spiro atoms. The number of aromatic nitrogens is 2. The van der Waals surface area contributed by atoms with E-state index in [1.165, 1.54) is 12.1 Å². The topological polar surface area (TPSA) is 41.0 Å². The van der Waals surface area contributed by atoms with E-state index in [0.717, 1.165) is 41.6 Å². The van der Waals surface area contributed by atoms with E-state index in [-0.39, 0.29) is 5.82 Å². The Balaban J connectivity index is 1.52. The van der Waals surface area contributed by atoms with E-state index in [2.05, 4.69) is 34.3 Å². The number of benzene rings is 1. The van der Waals surface area contributed by atoms with Gasteiger partial charge in [-0.2, -0.15) is 0 Å². The summed E-state index contributed by atoms with van der Waals surface area (Å²) in [5, 5.41) is 13.9. The van der Waals surface area contributed by atoms with Crippen LogP contribution >= 0.6 is 11.3 Å². The lowest BCUT2D eigenvalue weighted by molar-refractivity contribution is 0.177. The lowest BCUT2D eigenvalue weighted by Crippen LogP contribution is -2.42. The Labute approximate surface area is 140 Å². The summed E-state index contributed by atoms with van der Waals surface area (Å²) in [6.45, 7) is 6.77. The van der Waals surface area contributed by atoms with Gasteiger partial charge in [-0.05, 0) is 44.4 Å². The fourth-order valence-electron chi connectivity index (χ4n) is 2.90. The molecular formula is C17H23FN4S. The molecular weight excluding hydrogens is 311 g/mol. The molecule has 0 aliphatic carbocycles. The summed E-state index contributed by atoms with van der Waals surface area (Å²) in [6, 6.07) is 7.67. The summed E-state index contributed by atoms with van der Waals surface area (Å²) in [7, 11) is 0. The van der Waals surface area contributed by atoms with Crippen LogP contribution in [0.2, 0.25) is 0 Å². The van der Waals surface area contributed by atoms with Crippen molar-refractivity contribution >= 4 is 16.5 Å². The highest BCUT2D eigenvalue weighted by Gasteiger charge is 2.21. The first-order valence-corrected chi connectivity index (χ1v) is 8.99. The van der Waals surface area contributed by atoms with Gasteiger partial charge in [0.15, 0.2) is 0 Å². The molecule has 0 amide bonds. The standard InChI is InChI=1S/C17H23FN4S/c1-12(2)22-9-7-15(8-10-22)19-17-21-20-16(23-17)11-13-3-5-14(18)6-4-13/h3-6,12,15H,7-11H2,1-2H3,(H,19,21). The SMILES string of the molecule is CC(C)N1CCC(Nc2nnc(Cc3ccc(F)cc3)s2)CC1. The molecule has 3 rings (SSSR count). The van der Waals surface area contributed by atoms with Gasteiger partial charge in [-0.1, -0.05) is 23.5 Å². The van der Waals surface area contributed by atoms with Gasteiger partial charge in [0.05, 0.1) is 0 Å². The molecule has 1 fully saturated rings. The maximum atomic E-state index is 12.9. The fraction of sp³-hybridized carbons (Fsp3) is 0.529. The average molecular weight is 334 g/mol. The average Bonchev–Trinajstić information content (AvgIpc) is 2.97. The molecule has 0 radical (unpaired) electrons. The van der Waals surface area contributed by atoms with Gasteiger partial charge in [-0.15, -0.1) is 10.2 Å². The van der Waals surface area contributed by atoms with Crippen LogP contribution in [0.15, 0.2) is 24.3 Å². The lowest BCUT2D eigenvalue weighted by Gasteiger charge is -2.34. The first-order chi connectivity index (χ1) is 11.1. The van der Waals surface area contributed by atoms with Crippen molar-refractivity contribution < 1.29 is 4.39 Å². The molecule has 0 saturated carbocycles. The molecule has 0 unspecified atom stereocenters. The normalized spacial score (nSPS) is 16.9. The summed E-state index contributed by atoms with van der Waals surface area (Å²) in [6.07, 6.45) is 2.99. The van der Waals surface area contributed by atoms with Gasteiger partial charge >= 0.3 is 0 Å². The van der Waals surface area contributed by atoms with Crippen molar-refractivity contribution in [2.75, 3.05) is 18.4 Å². The zero-order valence-electron chi connectivity index (χ0n) is 13.6. The number of halogens is 1. The van der Waals surface area contributed by atoms with E-state index in [9.17, 15) is 4.39 Å². The molecule has 1 aromatic carbocycles. The van der Waals surface area contributed by atoms with Crippen molar-refractivity contribution in [1.29, 1.82) is 0 Å². The fourth-order valence-corrected chi connectivity index (χ4v) is 3.75. The molecule has 2 aromatic rings. The molecule has 1 aliphatic rings. The van der Waals surface area contributed by atoms with Gasteiger partial charge in [-0.3, -0.25) is 0 Å². The van der Waals surface area contributed by atoms with Crippen LogP contribution in [0.3, 0.4) is 0 Å².